The van der Waals surface area contributed by atoms with Gasteiger partial charge in [-0.2, -0.15) is 0 Å². The summed E-state index contributed by atoms with van der Waals surface area (Å²) in [6.45, 7) is 2.38. The second-order valence-corrected chi connectivity index (χ2v) is 8.03. The number of nitrogens with zero attached hydrogens (tertiary/aromatic N) is 2. The van der Waals surface area contributed by atoms with Crippen molar-refractivity contribution in [1.82, 2.24) is 4.98 Å². The molecule has 9 heteroatoms. The van der Waals surface area contributed by atoms with Gasteiger partial charge < -0.3 is 5.32 Å². The van der Waals surface area contributed by atoms with Crippen LogP contribution in [0.4, 0.5) is 11.4 Å². The van der Waals surface area contributed by atoms with Crippen LogP contribution in [0, 0.1) is 17.0 Å². The zero-order valence-electron chi connectivity index (χ0n) is 12.1. The molecule has 1 heterocycles. The number of aromatic nitrogens is 1. The van der Waals surface area contributed by atoms with Crippen molar-refractivity contribution in [2.45, 2.75) is 18.2 Å². The third-order valence-corrected chi connectivity index (χ3v) is 5.01. The number of nitro groups is 1. The summed E-state index contributed by atoms with van der Waals surface area (Å²) >= 11 is 1.56. The minimum absolute atomic E-state index is 0.196. The maximum atomic E-state index is 11.7. The Morgan fingerprint density at radius 1 is 1.41 bits per heavy atom. The van der Waals surface area contributed by atoms with E-state index >= 15 is 0 Å². The number of nitro benzene ring substituents is 1. The van der Waals surface area contributed by atoms with Crippen LogP contribution in [0.1, 0.15) is 9.88 Å². The topological polar surface area (TPSA) is 102 Å². The molecular weight excluding hydrogens is 326 g/mol. The predicted octanol–water partition coefficient (Wildman–Crippen LogP) is 2.42. The highest BCUT2D eigenvalue weighted by Gasteiger charge is 2.25. The smallest absolute Gasteiger partial charge is 0.310 e. The van der Waals surface area contributed by atoms with E-state index in [0.29, 0.717) is 13.0 Å². The van der Waals surface area contributed by atoms with Crippen LogP contribution in [0.5, 0.6) is 0 Å². The van der Waals surface area contributed by atoms with E-state index in [4.69, 9.17) is 0 Å². The Bertz CT molecular complexity index is 799. The van der Waals surface area contributed by atoms with Gasteiger partial charge in [0, 0.05) is 30.3 Å². The Morgan fingerprint density at radius 3 is 2.68 bits per heavy atom. The summed E-state index contributed by atoms with van der Waals surface area (Å²) in [6.07, 6.45) is 3.34. The summed E-state index contributed by atoms with van der Waals surface area (Å²) in [5.74, 6) is 0. The van der Waals surface area contributed by atoms with Crippen molar-refractivity contribution in [3.63, 3.8) is 0 Å². The van der Waals surface area contributed by atoms with Gasteiger partial charge in [0.2, 0.25) is 0 Å². The van der Waals surface area contributed by atoms with E-state index in [0.717, 1.165) is 16.1 Å². The third-order valence-electron chi connectivity index (χ3n) is 2.90. The monoisotopic (exact) mass is 341 g/mol. The van der Waals surface area contributed by atoms with E-state index in [9.17, 15) is 18.5 Å². The van der Waals surface area contributed by atoms with Gasteiger partial charge in [-0.25, -0.2) is 13.4 Å². The summed E-state index contributed by atoms with van der Waals surface area (Å²) in [6, 6.07) is 4.22. The van der Waals surface area contributed by atoms with Gasteiger partial charge in [-0.05, 0) is 19.1 Å². The highest BCUT2D eigenvalue weighted by molar-refractivity contribution is 7.90. The standard InChI is InChI=1S/C13H15N3O4S2/c1-9-8-15-12(21-9)6-7-14-10-4-3-5-11(22(2,19)20)13(10)16(17)18/h3-5,8,14H,6-7H2,1-2H3. The lowest BCUT2D eigenvalue weighted by molar-refractivity contribution is -0.386. The minimum Gasteiger partial charge on any atom is -0.379 e. The third kappa shape index (κ3) is 3.80. The molecule has 0 aliphatic carbocycles. The van der Waals surface area contributed by atoms with E-state index in [1.165, 1.54) is 18.2 Å². The van der Waals surface area contributed by atoms with E-state index in [2.05, 4.69) is 10.3 Å². The fourth-order valence-corrected chi connectivity index (χ4v) is 3.62. The number of anilines is 1. The lowest BCUT2D eigenvalue weighted by Crippen LogP contribution is -2.10. The van der Waals surface area contributed by atoms with Gasteiger partial charge in [-0.3, -0.25) is 10.1 Å². The Hall–Kier alpha value is -2.00. The molecule has 0 unspecified atom stereocenters. The van der Waals surface area contributed by atoms with Crippen LogP contribution in [-0.2, 0) is 16.3 Å². The van der Waals surface area contributed by atoms with E-state index < -0.39 is 20.4 Å². The molecule has 1 aromatic heterocycles. The number of hydrogen-bond acceptors (Lipinski definition) is 7. The lowest BCUT2D eigenvalue weighted by Gasteiger charge is -2.08. The van der Waals surface area contributed by atoms with Gasteiger partial charge in [0.05, 0.1) is 9.93 Å². The Labute approximate surface area is 132 Å². The van der Waals surface area contributed by atoms with E-state index in [1.807, 2.05) is 6.92 Å². The van der Waals surface area contributed by atoms with Crippen molar-refractivity contribution in [3.05, 3.63) is 44.4 Å². The molecule has 0 saturated heterocycles. The van der Waals surface area contributed by atoms with Crippen LogP contribution >= 0.6 is 11.3 Å². The van der Waals surface area contributed by atoms with Gasteiger partial charge in [-0.15, -0.1) is 11.3 Å². The van der Waals surface area contributed by atoms with Crippen LogP contribution in [0.3, 0.4) is 0 Å². The summed E-state index contributed by atoms with van der Waals surface area (Å²) in [4.78, 5) is 15.6. The average molecular weight is 341 g/mol. The predicted molar refractivity (Wildman–Crippen MR) is 85.3 cm³/mol. The molecule has 0 amide bonds. The first-order valence-electron chi connectivity index (χ1n) is 6.41. The number of aryl methyl sites for hydroxylation is 1. The van der Waals surface area contributed by atoms with Crippen LogP contribution in [0.15, 0.2) is 29.3 Å². The molecule has 0 saturated carbocycles. The largest absolute Gasteiger partial charge is 0.379 e. The first-order valence-corrected chi connectivity index (χ1v) is 9.12. The maximum absolute atomic E-state index is 11.7. The highest BCUT2D eigenvalue weighted by atomic mass is 32.2. The molecule has 118 valence electrons. The molecule has 22 heavy (non-hydrogen) atoms. The Kier molecular flexibility index (Phi) is 4.77. The first kappa shape index (κ1) is 16.4. The van der Waals surface area contributed by atoms with Crippen LogP contribution < -0.4 is 5.32 Å². The quantitative estimate of drug-likeness (QED) is 0.639. The minimum atomic E-state index is -3.67. The zero-order valence-corrected chi connectivity index (χ0v) is 13.7. The molecule has 0 radical (unpaired) electrons. The molecule has 2 rings (SSSR count). The SMILES string of the molecule is Cc1cnc(CCNc2cccc(S(C)(=O)=O)c2[N+](=O)[O-])s1. The summed E-state index contributed by atoms with van der Waals surface area (Å²) in [7, 11) is -3.67. The van der Waals surface area contributed by atoms with Gasteiger partial charge in [0.15, 0.2) is 9.84 Å². The van der Waals surface area contributed by atoms with Crippen molar-refractivity contribution in [1.29, 1.82) is 0 Å². The summed E-state index contributed by atoms with van der Waals surface area (Å²) < 4.78 is 23.3. The maximum Gasteiger partial charge on any atom is 0.310 e. The zero-order chi connectivity index (χ0) is 16.3. The molecule has 7 nitrogen and oxygen atoms in total. The molecule has 1 N–H and O–H groups in total. The molecule has 0 atom stereocenters. The second-order valence-electron chi connectivity index (χ2n) is 4.72. The van der Waals surface area contributed by atoms with Gasteiger partial charge in [0.25, 0.3) is 0 Å². The van der Waals surface area contributed by atoms with Crippen LogP contribution in [-0.4, -0.2) is 31.1 Å². The van der Waals surface area contributed by atoms with Crippen molar-refractivity contribution in [3.8, 4) is 0 Å². The van der Waals surface area contributed by atoms with E-state index in [-0.39, 0.29) is 10.6 Å². The second kappa shape index (κ2) is 6.41. The number of thiazole rings is 1. The Morgan fingerprint density at radius 2 is 2.14 bits per heavy atom. The molecule has 0 aliphatic rings. The summed E-state index contributed by atoms with van der Waals surface area (Å²) in [5, 5.41) is 15.1. The van der Waals surface area contributed by atoms with Gasteiger partial charge in [0.1, 0.15) is 10.6 Å². The molecule has 0 aliphatic heterocycles. The highest BCUT2D eigenvalue weighted by Crippen LogP contribution is 2.31. The van der Waals surface area contributed by atoms with Gasteiger partial charge in [-0.1, -0.05) is 6.07 Å². The van der Waals surface area contributed by atoms with Gasteiger partial charge >= 0.3 is 5.69 Å². The fourth-order valence-electron chi connectivity index (χ4n) is 1.97. The van der Waals surface area contributed by atoms with Crippen LogP contribution in [0.2, 0.25) is 0 Å². The number of benzene rings is 1. The fraction of sp³-hybridized carbons (Fsp3) is 0.308. The average Bonchev–Trinajstić information content (AvgIpc) is 2.83. The first-order chi connectivity index (χ1) is 10.3. The van der Waals surface area contributed by atoms with Crippen molar-refractivity contribution < 1.29 is 13.3 Å². The van der Waals surface area contributed by atoms with Crippen molar-refractivity contribution in [2.75, 3.05) is 18.1 Å². The van der Waals surface area contributed by atoms with Crippen LogP contribution in [0.25, 0.3) is 0 Å². The van der Waals surface area contributed by atoms with Crippen molar-refractivity contribution in [2.24, 2.45) is 0 Å². The number of nitrogens with one attached hydrogen (secondary N) is 1. The molecule has 0 bridgehead atoms. The lowest BCUT2D eigenvalue weighted by atomic mass is 10.2. The molecule has 2 aromatic rings. The van der Waals surface area contributed by atoms with E-state index in [1.54, 1.807) is 17.5 Å². The molecular formula is C13H15N3O4S2. The number of sulfone groups is 1. The summed E-state index contributed by atoms with van der Waals surface area (Å²) in [5.41, 5.74) is -0.221. The number of para-hydroxylation sites is 1. The Balaban J connectivity index is 2.22. The van der Waals surface area contributed by atoms with Crippen molar-refractivity contribution >= 4 is 32.5 Å². The number of rotatable bonds is 6. The molecule has 1 aromatic carbocycles. The normalized spacial score (nSPS) is 11.4. The number of hydrogen-bond donors (Lipinski definition) is 1. The molecule has 0 fully saturated rings. The molecule has 0 spiro atoms.